The van der Waals surface area contributed by atoms with E-state index in [2.05, 4.69) is 15.3 Å². The van der Waals surface area contributed by atoms with Crippen LogP contribution in [-0.4, -0.2) is 9.97 Å². The maximum absolute atomic E-state index is 12.4. The van der Waals surface area contributed by atoms with Crippen molar-refractivity contribution in [2.24, 2.45) is 0 Å². The van der Waals surface area contributed by atoms with Gasteiger partial charge in [0.1, 0.15) is 0 Å². The molecule has 1 aliphatic rings. The Labute approximate surface area is 82.3 Å². The van der Waals surface area contributed by atoms with Crippen LogP contribution in [0.25, 0.3) is 0 Å². The summed E-state index contributed by atoms with van der Waals surface area (Å²) in [5.41, 5.74) is -0.503. The van der Waals surface area contributed by atoms with E-state index in [4.69, 9.17) is 11.6 Å². The highest BCUT2D eigenvalue weighted by molar-refractivity contribution is 6.28. The van der Waals surface area contributed by atoms with Gasteiger partial charge in [-0.15, -0.1) is 0 Å². The summed E-state index contributed by atoms with van der Waals surface area (Å²) in [6.07, 6.45) is -4.47. The number of halogens is 4. The first-order chi connectivity index (χ1) is 6.48. The van der Waals surface area contributed by atoms with Crippen molar-refractivity contribution in [3.8, 4) is 0 Å². The zero-order chi connectivity index (χ0) is 10.3. The van der Waals surface area contributed by atoms with E-state index in [0.717, 1.165) is 0 Å². The lowest BCUT2D eigenvalue weighted by Gasteiger charge is -2.09. The summed E-state index contributed by atoms with van der Waals surface area (Å²) in [6.45, 7) is 0.446. The van der Waals surface area contributed by atoms with E-state index in [1.807, 2.05) is 0 Å². The quantitative estimate of drug-likeness (QED) is 0.681. The van der Waals surface area contributed by atoms with Crippen molar-refractivity contribution in [3.63, 3.8) is 0 Å². The van der Waals surface area contributed by atoms with Crippen molar-refractivity contribution >= 4 is 11.6 Å². The van der Waals surface area contributed by atoms with Gasteiger partial charge in [0.2, 0.25) is 5.28 Å². The summed E-state index contributed by atoms with van der Waals surface area (Å²) in [5, 5.41) is 2.40. The Morgan fingerprint density at radius 1 is 1.21 bits per heavy atom. The average molecular weight is 224 g/mol. The number of fused-ring (bicyclic) bond motifs is 1. The van der Waals surface area contributed by atoms with Gasteiger partial charge in [0.25, 0.3) is 0 Å². The van der Waals surface area contributed by atoms with Crippen LogP contribution in [0, 0.1) is 0 Å². The van der Waals surface area contributed by atoms with Crippen molar-refractivity contribution in [2.75, 3.05) is 0 Å². The molecular formula is C7H5ClF3N3. The molecule has 1 N–H and O–H groups in total. The van der Waals surface area contributed by atoms with E-state index in [1.165, 1.54) is 0 Å². The Bertz CT molecular complexity index is 377. The van der Waals surface area contributed by atoms with Crippen molar-refractivity contribution in [1.29, 1.82) is 0 Å². The fourth-order valence-corrected chi connectivity index (χ4v) is 1.56. The molecule has 0 aromatic carbocycles. The molecule has 0 aliphatic carbocycles. The summed E-state index contributed by atoms with van der Waals surface area (Å²) < 4.78 is 37.3. The van der Waals surface area contributed by atoms with Crippen LogP contribution in [0.5, 0.6) is 0 Å². The maximum atomic E-state index is 12.4. The standard InChI is InChI=1S/C7H5ClF3N3/c8-6-13-4-2-12-1-3(4)5(14-6)7(9,10)11/h12H,1-2H2. The second-order valence-corrected chi connectivity index (χ2v) is 3.21. The molecule has 1 aliphatic heterocycles. The van der Waals surface area contributed by atoms with Gasteiger partial charge in [0.05, 0.1) is 5.69 Å². The molecule has 0 fully saturated rings. The molecule has 0 bridgehead atoms. The molecular weight excluding hydrogens is 219 g/mol. The van der Waals surface area contributed by atoms with Gasteiger partial charge >= 0.3 is 6.18 Å². The Kier molecular flexibility index (Phi) is 2.11. The highest BCUT2D eigenvalue weighted by Crippen LogP contribution is 2.33. The molecule has 3 nitrogen and oxygen atoms in total. The molecule has 7 heteroatoms. The number of hydrogen-bond acceptors (Lipinski definition) is 3. The highest BCUT2D eigenvalue weighted by atomic mass is 35.5. The molecule has 14 heavy (non-hydrogen) atoms. The highest BCUT2D eigenvalue weighted by Gasteiger charge is 2.38. The predicted octanol–water partition coefficient (Wildman–Crippen LogP) is 1.75. The van der Waals surface area contributed by atoms with Crippen molar-refractivity contribution in [2.45, 2.75) is 19.3 Å². The molecule has 0 unspecified atom stereocenters. The van der Waals surface area contributed by atoms with Gasteiger partial charge in [-0.2, -0.15) is 13.2 Å². The first-order valence-electron chi connectivity index (χ1n) is 3.81. The number of nitrogens with one attached hydrogen (secondary N) is 1. The Balaban J connectivity index is 2.60. The topological polar surface area (TPSA) is 37.8 Å². The Morgan fingerprint density at radius 2 is 1.93 bits per heavy atom. The molecule has 0 saturated heterocycles. The van der Waals surface area contributed by atoms with Gasteiger partial charge in [0, 0.05) is 18.7 Å². The molecule has 0 amide bonds. The second-order valence-electron chi connectivity index (χ2n) is 2.87. The molecule has 1 aromatic rings. The molecule has 76 valence electrons. The molecule has 0 atom stereocenters. The fraction of sp³-hybridized carbons (Fsp3) is 0.429. The van der Waals surface area contributed by atoms with Crippen LogP contribution in [0.3, 0.4) is 0 Å². The van der Waals surface area contributed by atoms with Crippen LogP contribution in [0.2, 0.25) is 5.28 Å². The number of rotatable bonds is 0. The average Bonchev–Trinajstić information content (AvgIpc) is 2.47. The molecule has 0 spiro atoms. The minimum atomic E-state index is -4.47. The number of alkyl halides is 3. The first-order valence-corrected chi connectivity index (χ1v) is 4.19. The fourth-order valence-electron chi connectivity index (χ4n) is 1.37. The predicted molar refractivity (Wildman–Crippen MR) is 42.6 cm³/mol. The van der Waals surface area contributed by atoms with Gasteiger partial charge in [-0.1, -0.05) is 0 Å². The van der Waals surface area contributed by atoms with Crippen LogP contribution in [0.1, 0.15) is 17.0 Å². The van der Waals surface area contributed by atoms with Crippen LogP contribution in [-0.2, 0) is 19.3 Å². The minimum Gasteiger partial charge on any atom is -0.307 e. The normalized spacial score (nSPS) is 15.7. The van der Waals surface area contributed by atoms with Gasteiger partial charge in [-0.05, 0) is 11.6 Å². The van der Waals surface area contributed by atoms with Crippen LogP contribution >= 0.6 is 11.6 Å². The minimum absolute atomic E-state index is 0.0990. The van der Waals surface area contributed by atoms with E-state index >= 15 is 0 Å². The van der Waals surface area contributed by atoms with E-state index in [1.54, 1.807) is 0 Å². The summed E-state index contributed by atoms with van der Waals surface area (Å²) >= 11 is 5.38. The number of hydrogen-bond donors (Lipinski definition) is 1. The monoisotopic (exact) mass is 223 g/mol. The molecule has 0 saturated carbocycles. The Morgan fingerprint density at radius 3 is 2.57 bits per heavy atom. The molecule has 0 radical (unpaired) electrons. The van der Waals surface area contributed by atoms with Crippen LogP contribution in [0.4, 0.5) is 13.2 Å². The lowest BCUT2D eigenvalue weighted by atomic mass is 10.2. The first kappa shape index (κ1) is 9.67. The second kappa shape index (κ2) is 3.06. The van der Waals surface area contributed by atoms with Crippen molar-refractivity contribution in [3.05, 3.63) is 22.2 Å². The molecule has 2 rings (SSSR count). The van der Waals surface area contributed by atoms with E-state index in [0.29, 0.717) is 12.2 Å². The third kappa shape index (κ3) is 1.55. The lowest BCUT2D eigenvalue weighted by molar-refractivity contribution is -0.141. The zero-order valence-corrected chi connectivity index (χ0v) is 7.58. The van der Waals surface area contributed by atoms with E-state index < -0.39 is 11.9 Å². The third-order valence-electron chi connectivity index (χ3n) is 1.93. The summed E-state index contributed by atoms with van der Waals surface area (Å²) in [7, 11) is 0. The summed E-state index contributed by atoms with van der Waals surface area (Å²) in [5.74, 6) is 0. The van der Waals surface area contributed by atoms with Crippen molar-refractivity contribution in [1.82, 2.24) is 15.3 Å². The maximum Gasteiger partial charge on any atom is 0.433 e. The van der Waals surface area contributed by atoms with Gasteiger partial charge in [-0.3, -0.25) is 0 Å². The van der Waals surface area contributed by atoms with Crippen LogP contribution < -0.4 is 5.32 Å². The SMILES string of the molecule is FC(F)(F)c1nc(Cl)nc2c1CNC2. The van der Waals surface area contributed by atoms with Crippen molar-refractivity contribution < 1.29 is 13.2 Å². The van der Waals surface area contributed by atoms with Crippen LogP contribution in [0.15, 0.2) is 0 Å². The lowest BCUT2D eigenvalue weighted by Crippen LogP contribution is -2.13. The van der Waals surface area contributed by atoms with Gasteiger partial charge in [-0.25, -0.2) is 9.97 Å². The van der Waals surface area contributed by atoms with Gasteiger partial charge in [0.15, 0.2) is 5.69 Å². The summed E-state index contributed by atoms with van der Waals surface area (Å²) in [4.78, 5) is 6.93. The molecule has 1 aromatic heterocycles. The number of aromatic nitrogens is 2. The van der Waals surface area contributed by atoms with Gasteiger partial charge < -0.3 is 5.32 Å². The zero-order valence-electron chi connectivity index (χ0n) is 6.82. The number of nitrogens with zero attached hydrogens (tertiary/aromatic N) is 2. The summed E-state index contributed by atoms with van der Waals surface area (Å²) in [6, 6.07) is 0. The molecule has 2 heterocycles. The largest absolute Gasteiger partial charge is 0.433 e. The van der Waals surface area contributed by atoms with E-state index in [-0.39, 0.29) is 17.4 Å². The smallest absolute Gasteiger partial charge is 0.307 e. The Hall–Kier alpha value is -0.880. The third-order valence-corrected chi connectivity index (χ3v) is 2.10. The van der Waals surface area contributed by atoms with E-state index in [9.17, 15) is 13.2 Å².